The van der Waals surface area contributed by atoms with Crippen LogP contribution < -0.4 is 10.6 Å². The molecule has 1 fully saturated rings. The van der Waals surface area contributed by atoms with Crippen molar-refractivity contribution in [1.82, 2.24) is 10.6 Å². The number of rotatable bonds is 7. The minimum Gasteiger partial charge on any atom is -0.355 e. The molecule has 17 heavy (non-hydrogen) atoms. The summed E-state index contributed by atoms with van der Waals surface area (Å²) in [6.07, 6.45) is 9.93. The van der Waals surface area contributed by atoms with Gasteiger partial charge < -0.3 is 10.6 Å². The Labute approximate surface area is 106 Å². The Morgan fingerprint density at radius 2 is 1.94 bits per heavy atom. The molecule has 0 aromatic carbocycles. The summed E-state index contributed by atoms with van der Waals surface area (Å²) in [5.74, 6) is 0.159. The Kier molecular flexibility index (Phi) is 7.25. The Hall–Kier alpha value is -0.570. The van der Waals surface area contributed by atoms with Gasteiger partial charge in [0.15, 0.2) is 0 Å². The molecule has 0 heterocycles. The van der Waals surface area contributed by atoms with Crippen LogP contribution in [-0.2, 0) is 4.79 Å². The van der Waals surface area contributed by atoms with E-state index in [1.165, 1.54) is 44.9 Å². The van der Waals surface area contributed by atoms with Crippen molar-refractivity contribution in [3.8, 4) is 0 Å². The molecule has 1 unspecified atom stereocenters. The van der Waals surface area contributed by atoms with Crippen LogP contribution in [0.3, 0.4) is 0 Å². The van der Waals surface area contributed by atoms with Gasteiger partial charge in [0.05, 0.1) is 6.04 Å². The lowest BCUT2D eigenvalue weighted by molar-refractivity contribution is -0.123. The largest absolute Gasteiger partial charge is 0.355 e. The third-order valence-corrected chi connectivity index (χ3v) is 3.56. The Morgan fingerprint density at radius 1 is 1.24 bits per heavy atom. The van der Waals surface area contributed by atoms with E-state index >= 15 is 0 Å². The lowest BCUT2D eigenvalue weighted by Gasteiger charge is -2.26. The van der Waals surface area contributed by atoms with E-state index < -0.39 is 0 Å². The number of hydrogen-bond donors (Lipinski definition) is 2. The van der Waals surface area contributed by atoms with Crippen molar-refractivity contribution in [1.29, 1.82) is 0 Å². The van der Waals surface area contributed by atoms with E-state index in [1.807, 2.05) is 6.92 Å². The molecule has 0 saturated heterocycles. The standard InChI is InChI=1S/C14H28N2O/c1-3-4-8-11-15-14(17)12(2)16-13-9-6-5-7-10-13/h12-13,16H,3-11H2,1-2H3,(H,15,17). The predicted octanol–water partition coefficient (Wildman–Crippen LogP) is 2.60. The van der Waals surface area contributed by atoms with Gasteiger partial charge in [-0.2, -0.15) is 0 Å². The van der Waals surface area contributed by atoms with Crippen LogP contribution in [0, 0.1) is 0 Å². The minimum atomic E-state index is -0.0419. The normalized spacial score (nSPS) is 18.9. The van der Waals surface area contributed by atoms with Gasteiger partial charge >= 0.3 is 0 Å². The maximum Gasteiger partial charge on any atom is 0.236 e. The molecule has 2 N–H and O–H groups in total. The van der Waals surface area contributed by atoms with Crippen molar-refractivity contribution in [2.75, 3.05) is 6.54 Å². The Balaban J connectivity index is 2.12. The van der Waals surface area contributed by atoms with Gasteiger partial charge in [-0.3, -0.25) is 4.79 Å². The molecule has 3 heteroatoms. The molecule has 1 aliphatic rings. The lowest BCUT2D eigenvalue weighted by Crippen LogP contribution is -2.47. The van der Waals surface area contributed by atoms with Crippen LogP contribution in [0.2, 0.25) is 0 Å². The molecule has 0 radical (unpaired) electrons. The number of unbranched alkanes of at least 4 members (excludes halogenated alkanes) is 2. The number of nitrogens with one attached hydrogen (secondary N) is 2. The first kappa shape index (κ1) is 14.5. The van der Waals surface area contributed by atoms with Crippen molar-refractivity contribution >= 4 is 5.91 Å². The van der Waals surface area contributed by atoms with Crippen LogP contribution in [-0.4, -0.2) is 24.5 Å². The molecule has 1 rings (SSSR count). The van der Waals surface area contributed by atoms with Crippen LogP contribution in [0.4, 0.5) is 0 Å². The summed E-state index contributed by atoms with van der Waals surface area (Å²) in [5.41, 5.74) is 0. The van der Waals surface area contributed by atoms with E-state index in [2.05, 4.69) is 17.6 Å². The van der Waals surface area contributed by atoms with E-state index in [-0.39, 0.29) is 11.9 Å². The van der Waals surface area contributed by atoms with Gasteiger partial charge in [0.2, 0.25) is 5.91 Å². The fourth-order valence-electron chi connectivity index (χ4n) is 2.44. The van der Waals surface area contributed by atoms with E-state index in [0.29, 0.717) is 6.04 Å². The van der Waals surface area contributed by atoms with Crippen LogP contribution in [0.5, 0.6) is 0 Å². The highest BCUT2D eigenvalue weighted by Crippen LogP contribution is 2.17. The highest BCUT2D eigenvalue weighted by atomic mass is 16.2. The lowest BCUT2D eigenvalue weighted by atomic mass is 9.95. The number of hydrogen-bond acceptors (Lipinski definition) is 2. The van der Waals surface area contributed by atoms with Crippen molar-refractivity contribution in [2.45, 2.75) is 77.3 Å². The summed E-state index contributed by atoms with van der Waals surface area (Å²) in [6, 6.07) is 0.514. The first-order valence-corrected chi connectivity index (χ1v) is 7.27. The zero-order chi connectivity index (χ0) is 12.5. The highest BCUT2D eigenvalue weighted by Gasteiger charge is 2.19. The van der Waals surface area contributed by atoms with Crippen LogP contribution >= 0.6 is 0 Å². The summed E-state index contributed by atoms with van der Waals surface area (Å²) in [4.78, 5) is 11.8. The predicted molar refractivity (Wildman–Crippen MR) is 72.0 cm³/mol. The number of carbonyl (C=O) groups is 1. The Bertz CT molecular complexity index is 212. The molecule has 0 aromatic heterocycles. The zero-order valence-electron chi connectivity index (χ0n) is 11.4. The quantitative estimate of drug-likeness (QED) is 0.672. The molecular weight excluding hydrogens is 212 g/mol. The second-order valence-corrected chi connectivity index (χ2v) is 5.22. The molecule has 1 atom stereocenters. The summed E-state index contributed by atoms with van der Waals surface area (Å²) in [5, 5.41) is 6.45. The van der Waals surface area contributed by atoms with Crippen molar-refractivity contribution in [3.05, 3.63) is 0 Å². The maximum absolute atomic E-state index is 11.8. The van der Waals surface area contributed by atoms with Crippen LogP contribution in [0.15, 0.2) is 0 Å². The zero-order valence-corrected chi connectivity index (χ0v) is 11.4. The first-order chi connectivity index (χ1) is 8.24. The first-order valence-electron chi connectivity index (χ1n) is 7.27. The van der Waals surface area contributed by atoms with Crippen molar-refractivity contribution < 1.29 is 4.79 Å². The van der Waals surface area contributed by atoms with E-state index in [0.717, 1.165) is 13.0 Å². The second kappa shape index (κ2) is 8.51. The fourth-order valence-corrected chi connectivity index (χ4v) is 2.44. The van der Waals surface area contributed by atoms with E-state index in [9.17, 15) is 4.79 Å². The second-order valence-electron chi connectivity index (χ2n) is 5.22. The molecule has 0 spiro atoms. The molecule has 3 nitrogen and oxygen atoms in total. The van der Waals surface area contributed by atoms with Gasteiger partial charge in [-0.05, 0) is 26.2 Å². The average molecular weight is 240 g/mol. The summed E-state index contributed by atoms with van der Waals surface area (Å²) in [6.45, 7) is 4.97. The highest BCUT2D eigenvalue weighted by molar-refractivity contribution is 5.81. The van der Waals surface area contributed by atoms with Gasteiger partial charge in [0.1, 0.15) is 0 Å². The maximum atomic E-state index is 11.8. The summed E-state index contributed by atoms with van der Waals surface area (Å²) >= 11 is 0. The van der Waals surface area contributed by atoms with Gasteiger partial charge in [-0.1, -0.05) is 39.0 Å². The van der Waals surface area contributed by atoms with E-state index in [4.69, 9.17) is 0 Å². The van der Waals surface area contributed by atoms with E-state index in [1.54, 1.807) is 0 Å². The van der Waals surface area contributed by atoms with Crippen molar-refractivity contribution in [3.63, 3.8) is 0 Å². The SMILES string of the molecule is CCCCCNC(=O)C(C)NC1CCCCC1. The molecule has 100 valence electrons. The third-order valence-electron chi connectivity index (χ3n) is 3.56. The molecule has 0 aliphatic heterocycles. The molecular formula is C14H28N2O. The summed E-state index contributed by atoms with van der Waals surface area (Å²) in [7, 11) is 0. The number of carbonyl (C=O) groups excluding carboxylic acids is 1. The van der Waals surface area contributed by atoms with Gasteiger partial charge in [0, 0.05) is 12.6 Å². The summed E-state index contributed by atoms with van der Waals surface area (Å²) < 4.78 is 0. The topological polar surface area (TPSA) is 41.1 Å². The van der Waals surface area contributed by atoms with Crippen LogP contribution in [0.25, 0.3) is 0 Å². The average Bonchev–Trinajstić information content (AvgIpc) is 2.35. The van der Waals surface area contributed by atoms with Crippen LogP contribution in [0.1, 0.15) is 65.2 Å². The monoisotopic (exact) mass is 240 g/mol. The fraction of sp³-hybridized carbons (Fsp3) is 0.929. The van der Waals surface area contributed by atoms with Gasteiger partial charge in [0.25, 0.3) is 0 Å². The molecule has 1 amide bonds. The molecule has 0 bridgehead atoms. The van der Waals surface area contributed by atoms with Crippen molar-refractivity contribution in [2.24, 2.45) is 0 Å². The molecule has 0 aromatic rings. The van der Waals surface area contributed by atoms with Gasteiger partial charge in [-0.25, -0.2) is 0 Å². The molecule has 1 aliphatic carbocycles. The minimum absolute atomic E-state index is 0.0419. The Morgan fingerprint density at radius 3 is 2.59 bits per heavy atom. The smallest absolute Gasteiger partial charge is 0.236 e. The number of amides is 1. The third kappa shape index (κ3) is 6.06. The molecule has 1 saturated carbocycles. The van der Waals surface area contributed by atoms with Gasteiger partial charge in [-0.15, -0.1) is 0 Å².